The molecule has 0 radical (unpaired) electrons. The average molecular weight is 247 g/mol. The molecule has 1 aromatic rings. The molecule has 2 N–H and O–H groups in total. The molecule has 0 spiro atoms. The van der Waals surface area contributed by atoms with Gasteiger partial charge in [0.15, 0.2) is 0 Å². The molecule has 0 saturated heterocycles. The smallest absolute Gasteiger partial charge is 0.0992 e. The van der Waals surface area contributed by atoms with E-state index in [1.54, 1.807) is 0 Å². The van der Waals surface area contributed by atoms with Gasteiger partial charge in [0.25, 0.3) is 0 Å². The predicted octanol–water partition coefficient (Wildman–Crippen LogP) is 2.77. The lowest BCUT2D eigenvalue weighted by Crippen LogP contribution is -2.38. The van der Waals surface area contributed by atoms with E-state index in [1.165, 1.54) is 30.4 Å². The molecule has 100 valence electrons. The first-order valence-electron chi connectivity index (χ1n) is 7.07. The van der Waals surface area contributed by atoms with Gasteiger partial charge in [-0.05, 0) is 49.3 Å². The Morgan fingerprint density at radius 3 is 2.56 bits per heavy atom. The molecule has 0 heterocycles. The van der Waals surface area contributed by atoms with Crippen molar-refractivity contribution in [2.45, 2.75) is 58.1 Å². The average Bonchev–Trinajstić information content (AvgIpc) is 2.36. The van der Waals surface area contributed by atoms with E-state index in [9.17, 15) is 5.11 Å². The first-order valence-corrected chi connectivity index (χ1v) is 7.07. The molecular weight excluding hydrogens is 222 g/mol. The molecule has 0 saturated carbocycles. The highest BCUT2D eigenvalue weighted by Gasteiger charge is 2.24. The fourth-order valence-corrected chi connectivity index (χ4v) is 2.57. The van der Waals surface area contributed by atoms with Gasteiger partial charge in [-0.15, -0.1) is 0 Å². The lowest BCUT2D eigenvalue weighted by molar-refractivity contribution is 0.0548. The summed E-state index contributed by atoms with van der Waals surface area (Å²) >= 11 is 0. The summed E-state index contributed by atoms with van der Waals surface area (Å²) in [6.07, 6.45) is 4.94. The Labute approximate surface area is 110 Å². The number of aliphatic hydroxyl groups is 1. The molecule has 1 aliphatic rings. The van der Waals surface area contributed by atoms with Crippen molar-refractivity contribution in [3.05, 3.63) is 34.9 Å². The Kier molecular flexibility index (Phi) is 4.08. The van der Waals surface area contributed by atoms with Crippen molar-refractivity contribution < 1.29 is 5.11 Å². The largest absolute Gasteiger partial charge is 0.384 e. The molecule has 1 atom stereocenters. The van der Waals surface area contributed by atoms with Gasteiger partial charge in [0.05, 0.1) is 5.60 Å². The van der Waals surface area contributed by atoms with Crippen molar-refractivity contribution >= 4 is 0 Å². The van der Waals surface area contributed by atoms with Crippen molar-refractivity contribution in [2.24, 2.45) is 0 Å². The second-order valence-electron chi connectivity index (χ2n) is 6.00. The summed E-state index contributed by atoms with van der Waals surface area (Å²) in [7, 11) is 0. The molecule has 0 fully saturated rings. The highest BCUT2D eigenvalue weighted by molar-refractivity contribution is 5.36. The quantitative estimate of drug-likeness (QED) is 0.857. The van der Waals surface area contributed by atoms with Crippen molar-refractivity contribution in [1.82, 2.24) is 5.32 Å². The highest BCUT2D eigenvalue weighted by atomic mass is 16.3. The van der Waals surface area contributed by atoms with Gasteiger partial charge in [-0.25, -0.2) is 0 Å². The summed E-state index contributed by atoms with van der Waals surface area (Å²) in [4.78, 5) is 0. The Balaban J connectivity index is 2.16. The Bertz CT molecular complexity index is 410. The fraction of sp³-hybridized carbons (Fsp3) is 0.625. The molecular formula is C16H25NO. The Morgan fingerprint density at radius 2 is 1.89 bits per heavy atom. The molecule has 2 heteroatoms. The molecule has 18 heavy (non-hydrogen) atoms. The summed E-state index contributed by atoms with van der Waals surface area (Å²) in [5, 5.41) is 13.9. The van der Waals surface area contributed by atoms with Gasteiger partial charge < -0.3 is 10.4 Å². The summed E-state index contributed by atoms with van der Waals surface area (Å²) < 4.78 is 0. The molecule has 0 amide bonds. The van der Waals surface area contributed by atoms with E-state index in [-0.39, 0.29) is 0 Å². The van der Waals surface area contributed by atoms with Gasteiger partial charge in [-0.3, -0.25) is 0 Å². The van der Waals surface area contributed by atoms with E-state index in [0.717, 1.165) is 12.0 Å². The van der Waals surface area contributed by atoms with Crippen LogP contribution in [0.1, 0.15) is 50.3 Å². The monoisotopic (exact) mass is 247 g/mol. The summed E-state index contributed by atoms with van der Waals surface area (Å²) in [6, 6.07) is 6.89. The van der Waals surface area contributed by atoms with E-state index in [0.29, 0.717) is 12.6 Å². The zero-order valence-corrected chi connectivity index (χ0v) is 11.8. The zero-order chi connectivity index (χ0) is 13.2. The molecule has 1 aromatic carbocycles. The van der Waals surface area contributed by atoms with Crippen LogP contribution in [-0.4, -0.2) is 17.7 Å². The van der Waals surface area contributed by atoms with Gasteiger partial charge in [0.1, 0.15) is 0 Å². The lowest BCUT2D eigenvalue weighted by atomic mass is 9.86. The van der Waals surface area contributed by atoms with E-state index < -0.39 is 5.60 Å². The Morgan fingerprint density at radius 1 is 1.22 bits per heavy atom. The number of fused-ring (bicyclic) bond motifs is 1. The number of benzene rings is 1. The van der Waals surface area contributed by atoms with Gasteiger partial charge in [-0.2, -0.15) is 0 Å². The van der Waals surface area contributed by atoms with Crippen molar-refractivity contribution in [3.8, 4) is 0 Å². The minimum absolute atomic E-state index is 0.397. The van der Waals surface area contributed by atoms with Crippen LogP contribution in [0.25, 0.3) is 0 Å². The number of nitrogens with one attached hydrogen (secondary N) is 1. The van der Waals surface area contributed by atoms with Gasteiger partial charge in [0, 0.05) is 12.6 Å². The maximum Gasteiger partial charge on any atom is 0.0992 e. The maximum absolute atomic E-state index is 10.6. The van der Waals surface area contributed by atoms with E-state index >= 15 is 0 Å². The first kappa shape index (κ1) is 13.6. The van der Waals surface area contributed by atoms with E-state index in [1.807, 2.05) is 6.92 Å². The van der Waals surface area contributed by atoms with Crippen molar-refractivity contribution in [2.75, 3.05) is 6.54 Å². The van der Waals surface area contributed by atoms with Crippen LogP contribution in [0.3, 0.4) is 0 Å². The summed E-state index contributed by atoms with van der Waals surface area (Å²) in [6.45, 7) is 6.70. The normalized spacial score (nSPS) is 18.5. The lowest BCUT2D eigenvalue weighted by Gasteiger charge is -2.27. The second-order valence-corrected chi connectivity index (χ2v) is 6.00. The third kappa shape index (κ3) is 3.12. The predicted molar refractivity (Wildman–Crippen MR) is 75.8 cm³/mol. The Hall–Kier alpha value is -0.860. The van der Waals surface area contributed by atoms with Crippen LogP contribution < -0.4 is 5.32 Å². The number of hydrogen-bond acceptors (Lipinski definition) is 2. The summed E-state index contributed by atoms with van der Waals surface area (Å²) in [5.74, 6) is 0. The fourth-order valence-electron chi connectivity index (χ4n) is 2.57. The van der Waals surface area contributed by atoms with Crippen LogP contribution in [0, 0.1) is 0 Å². The second kappa shape index (κ2) is 5.41. The van der Waals surface area contributed by atoms with Crippen molar-refractivity contribution in [3.63, 3.8) is 0 Å². The molecule has 2 rings (SSSR count). The number of aryl methyl sites for hydroxylation is 2. The number of rotatable bonds is 4. The minimum atomic E-state index is -0.781. The molecule has 0 aromatic heterocycles. The van der Waals surface area contributed by atoms with Gasteiger partial charge in [-0.1, -0.05) is 32.0 Å². The standard InChI is InChI=1S/C16H25NO/c1-12(2)17-11-16(3,18)15-9-8-13-6-4-5-7-14(13)10-15/h8-10,12,17-18H,4-7,11H2,1-3H3. The third-order valence-corrected chi connectivity index (χ3v) is 3.82. The van der Waals surface area contributed by atoms with Crippen LogP contribution >= 0.6 is 0 Å². The third-order valence-electron chi connectivity index (χ3n) is 3.82. The van der Waals surface area contributed by atoms with Gasteiger partial charge in [0.2, 0.25) is 0 Å². The van der Waals surface area contributed by atoms with Crippen LogP contribution in [-0.2, 0) is 18.4 Å². The van der Waals surface area contributed by atoms with Gasteiger partial charge >= 0.3 is 0 Å². The maximum atomic E-state index is 10.6. The minimum Gasteiger partial charge on any atom is -0.384 e. The van der Waals surface area contributed by atoms with Crippen LogP contribution in [0.5, 0.6) is 0 Å². The van der Waals surface area contributed by atoms with Crippen LogP contribution in [0.2, 0.25) is 0 Å². The summed E-state index contributed by atoms with van der Waals surface area (Å²) in [5.41, 5.74) is 3.16. The van der Waals surface area contributed by atoms with E-state index in [2.05, 4.69) is 37.4 Å². The first-order chi connectivity index (χ1) is 8.49. The SMILES string of the molecule is CC(C)NCC(C)(O)c1ccc2c(c1)CCCC2. The van der Waals surface area contributed by atoms with E-state index in [4.69, 9.17) is 0 Å². The van der Waals surface area contributed by atoms with Crippen molar-refractivity contribution in [1.29, 1.82) is 0 Å². The van der Waals surface area contributed by atoms with Crippen LogP contribution in [0.15, 0.2) is 18.2 Å². The molecule has 2 nitrogen and oxygen atoms in total. The molecule has 0 bridgehead atoms. The molecule has 1 unspecified atom stereocenters. The molecule has 1 aliphatic carbocycles. The number of hydrogen-bond donors (Lipinski definition) is 2. The zero-order valence-electron chi connectivity index (χ0n) is 11.8. The highest BCUT2D eigenvalue weighted by Crippen LogP contribution is 2.27. The topological polar surface area (TPSA) is 32.3 Å². The van der Waals surface area contributed by atoms with Crippen LogP contribution in [0.4, 0.5) is 0 Å². The molecule has 0 aliphatic heterocycles.